The Hall–Kier alpha value is -2.57. The fourth-order valence-electron chi connectivity index (χ4n) is 3.19. The quantitative estimate of drug-likeness (QED) is 0.572. The van der Waals surface area contributed by atoms with Gasteiger partial charge in [-0.25, -0.2) is 9.97 Å². The van der Waals surface area contributed by atoms with Gasteiger partial charge in [0.15, 0.2) is 17.1 Å². The van der Waals surface area contributed by atoms with Gasteiger partial charge in [0, 0.05) is 11.3 Å². The molecule has 1 N–H and O–H groups in total. The number of halogens is 1. The standard InChI is InChI=1S/C20H20ClN5O/c1-10(2)17(27)13-6-7-15(21)14(9-13)19-25-24-18-12(4)23-16-8-5-11(3)22-20(16)26(18)19/h5-10,17,27H,1-4H3. The van der Waals surface area contributed by atoms with Gasteiger partial charge in [-0.2, -0.15) is 0 Å². The van der Waals surface area contributed by atoms with Crippen molar-refractivity contribution >= 4 is 28.4 Å². The lowest BCUT2D eigenvalue weighted by molar-refractivity contribution is 0.127. The van der Waals surface area contributed by atoms with Crippen LogP contribution in [0.3, 0.4) is 0 Å². The summed E-state index contributed by atoms with van der Waals surface area (Å²) >= 11 is 6.50. The molecule has 0 bridgehead atoms. The van der Waals surface area contributed by atoms with E-state index in [9.17, 15) is 5.11 Å². The minimum Gasteiger partial charge on any atom is -0.388 e. The molecule has 0 aliphatic heterocycles. The van der Waals surface area contributed by atoms with Crippen molar-refractivity contribution in [1.29, 1.82) is 0 Å². The van der Waals surface area contributed by atoms with Gasteiger partial charge in [-0.15, -0.1) is 10.2 Å². The summed E-state index contributed by atoms with van der Waals surface area (Å²) in [6.45, 7) is 7.77. The highest BCUT2D eigenvalue weighted by molar-refractivity contribution is 6.33. The molecule has 1 aromatic carbocycles. The number of fused-ring (bicyclic) bond motifs is 3. The minimum absolute atomic E-state index is 0.0887. The van der Waals surface area contributed by atoms with Crippen LogP contribution < -0.4 is 0 Å². The number of aliphatic hydroxyl groups is 1. The van der Waals surface area contributed by atoms with Crippen molar-refractivity contribution in [2.24, 2.45) is 5.92 Å². The van der Waals surface area contributed by atoms with Gasteiger partial charge in [-0.3, -0.25) is 4.40 Å². The Morgan fingerprint density at radius 3 is 2.52 bits per heavy atom. The Labute approximate surface area is 161 Å². The van der Waals surface area contributed by atoms with Crippen molar-refractivity contribution < 1.29 is 5.11 Å². The first-order valence-electron chi connectivity index (χ1n) is 8.84. The maximum absolute atomic E-state index is 10.5. The van der Waals surface area contributed by atoms with Gasteiger partial charge in [0.2, 0.25) is 0 Å². The number of aryl methyl sites for hydroxylation is 2. The maximum Gasteiger partial charge on any atom is 0.184 e. The van der Waals surface area contributed by atoms with E-state index >= 15 is 0 Å². The van der Waals surface area contributed by atoms with Crippen molar-refractivity contribution in [2.45, 2.75) is 33.8 Å². The zero-order valence-electron chi connectivity index (χ0n) is 15.6. The molecule has 0 amide bonds. The number of hydrogen-bond donors (Lipinski definition) is 1. The maximum atomic E-state index is 10.5. The van der Waals surface area contributed by atoms with Crippen LogP contribution in [-0.4, -0.2) is 29.7 Å². The highest BCUT2D eigenvalue weighted by Gasteiger charge is 2.20. The Bertz CT molecular complexity index is 1170. The van der Waals surface area contributed by atoms with Crippen LogP contribution in [-0.2, 0) is 0 Å². The van der Waals surface area contributed by atoms with Crippen LogP contribution in [0.4, 0.5) is 0 Å². The van der Waals surface area contributed by atoms with Crippen molar-refractivity contribution in [3.63, 3.8) is 0 Å². The van der Waals surface area contributed by atoms with E-state index in [1.54, 1.807) is 6.07 Å². The molecule has 0 aliphatic carbocycles. The van der Waals surface area contributed by atoms with E-state index in [0.717, 1.165) is 22.5 Å². The van der Waals surface area contributed by atoms with Gasteiger partial charge in [-0.05, 0) is 49.6 Å². The van der Waals surface area contributed by atoms with Crippen molar-refractivity contribution in [2.75, 3.05) is 0 Å². The van der Waals surface area contributed by atoms with Crippen molar-refractivity contribution in [3.8, 4) is 11.4 Å². The van der Waals surface area contributed by atoms with Crippen LogP contribution in [0.1, 0.15) is 36.9 Å². The van der Waals surface area contributed by atoms with Gasteiger partial charge < -0.3 is 5.11 Å². The number of rotatable bonds is 3. The third-order valence-corrected chi connectivity index (χ3v) is 5.01. The average molecular weight is 382 g/mol. The molecule has 1 unspecified atom stereocenters. The van der Waals surface area contributed by atoms with E-state index in [1.165, 1.54) is 0 Å². The summed E-state index contributed by atoms with van der Waals surface area (Å²) in [6.07, 6.45) is -0.583. The van der Waals surface area contributed by atoms with Gasteiger partial charge in [0.25, 0.3) is 0 Å². The Balaban J connectivity index is 2.04. The molecule has 6 nitrogen and oxygen atoms in total. The summed E-state index contributed by atoms with van der Waals surface area (Å²) in [6, 6.07) is 9.37. The summed E-state index contributed by atoms with van der Waals surface area (Å²) in [5.74, 6) is 0.673. The average Bonchev–Trinajstić information content (AvgIpc) is 3.08. The molecule has 27 heavy (non-hydrogen) atoms. The smallest absolute Gasteiger partial charge is 0.184 e. The number of benzene rings is 1. The molecule has 138 valence electrons. The number of pyridine rings is 1. The summed E-state index contributed by atoms with van der Waals surface area (Å²) < 4.78 is 1.89. The topological polar surface area (TPSA) is 76.2 Å². The monoisotopic (exact) mass is 381 g/mol. The van der Waals surface area contributed by atoms with Crippen LogP contribution in [0.5, 0.6) is 0 Å². The molecule has 1 atom stereocenters. The predicted octanol–water partition coefficient (Wildman–Crippen LogP) is 4.30. The van der Waals surface area contributed by atoms with Gasteiger partial charge >= 0.3 is 0 Å². The molecule has 0 aliphatic rings. The molecule has 0 radical (unpaired) electrons. The lowest BCUT2D eigenvalue weighted by Gasteiger charge is -2.16. The summed E-state index contributed by atoms with van der Waals surface area (Å²) in [5.41, 5.74) is 5.23. The van der Waals surface area contributed by atoms with Gasteiger partial charge in [0.05, 0.1) is 16.8 Å². The van der Waals surface area contributed by atoms with E-state index in [0.29, 0.717) is 27.7 Å². The van der Waals surface area contributed by atoms with Crippen LogP contribution in [0.15, 0.2) is 30.3 Å². The Morgan fingerprint density at radius 1 is 1.00 bits per heavy atom. The first-order valence-corrected chi connectivity index (χ1v) is 9.21. The highest BCUT2D eigenvalue weighted by atomic mass is 35.5. The zero-order chi connectivity index (χ0) is 19.3. The normalized spacial score (nSPS) is 13.0. The lowest BCUT2D eigenvalue weighted by atomic mass is 9.97. The van der Waals surface area contributed by atoms with Crippen LogP contribution in [0.2, 0.25) is 5.02 Å². The molecule has 3 heterocycles. The third-order valence-electron chi connectivity index (χ3n) is 4.68. The van der Waals surface area contributed by atoms with E-state index in [-0.39, 0.29) is 5.92 Å². The van der Waals surface area contributed by atoms with Gasteiger partial charge in [-0.1, -0.05) is 31.5 Å². The molecule has 0 fully saturated rings. The molecule has 4 rings (SSSR count). The molecule has 0 saturated heterocycles. The second kappa shape index (κ2) is 6.55. The van der Waals surface area contributed by atoms with Crippen LogP contribution >= 0.6 is 11.6 Å². The fourth-order valence-corrected chi connectivity index (χ4v) is 3.40. The molecule has 0 saturated carbocycles. The first kappa shape index (κ1) is 17.8. The van der Waals surface area contributed by atoms with Crippen LogP contribution in [0.25, 0.3) is 28.2 Å². The van der Waals surface area contributed by atoms with E-state index in [2.05, 4.69) is 20.2 Å². The van der Waals surface area contributed by atoms with E-state index in [1.807, 2.05) is 56.4 Å². The fraction of sp³-hybridized carbons (Fsp3) is 0.300. The molecule has 4 aromatic rings. The summed E-state index contributed by atoms with van der Waals surface area (Å²) in [7, 11) is 0. The second-order valence-electron chi connectivity index (χ2n) is 7.10. The Kier molecular flexibility index (Phi) is 4.32. The van der Waals surface area contributed by atoms with Gasteiger partial charge in [0.1, 0.15) is 5.52 Å². The number of aliphatic hydroxyl groups excluding tert-OH is 1. The second-order valence-corrected chi connectivity index (χ2v) is 7.51. The molecular formula is C20H20ClN5O. The molecule has 0 spiro atoms. The summed E-state index contributed by atoms with van der Waals surface area (Å²) in [5, 5.41) is 19.7. The van der Waals surface area contributed by atoms with Crippen molar-refractivity contribution in [1.82, 2.24) is 24.6 Å². The van der Waals surface area contributed by atoms with E-state index in [4.69, 9.17) is 11.6 Å². The minimum atomic E-state index is -0.583. The Morgan fingerprint density at radius 2 is 1.78 bits per heavy atom. The molecule has 7 heteroatoms. The van der Waals surface area contributed by atoms with Crippen molar-refractivity contribution in [3.05, 3.63) is 52.3 Å². The number of nitrogens with zero attached hydrogens (tertiary/aromatic N) is 5. The van der Waals surface area contributed by atoms with E-state index < -0.39 is 6.10 Å². The SMILES string of the molecule is Cc1ccc2nc(C)c3nnc(-c4cc(C(O)C(C)C)ccc4Cl)n3c2n1. The third kappa shape index (κ3) is 2.95. The molecular weight excluding hydrogens is 362 g/mol. The largest absolute Gasteiger partial charge is 0.388 e. The lowest BCUT2D eigenvalue weighted by Crippen LogP contribution is -2.06. The predicted molar refractivity (Wildman–Crippen MR) is 106 cm³/mol. The molecule has 3 aromatic heterocycles. The zero-order valence-corrected chi connectivity index (χ0v) is 16.4. The first-order chi connectivity index (χ1) is 12.9. The number of hydrogen-bond acceptors (Lipinski definition) is 5. The number of aromatic nitrogens is 5. The van der Waals surface area contributed by atoms with Crippen LogP contribution in [0, 0.1) is 19.8 Å². The summed E-state index contributed by atoms with van der Waals surface area (Å²) in [4.78, 5) is 9.23. The highest BCUT2D eigenvalue weighted by Crippen LogP contribution is 2.33.